The third kappa shape index (κ3) is 10.2. The van der Waals surface area contributed by atoms with E-state index in [-0.39, 0.29) is 5.91 Å². The van der Waals surface area contributed by atoms with Crippen molar-refractivity contribution in [3.8, 4) is 16.9 Å². The van der Waals surface area contributed by atoms with Gasteiger partial charge in [-0.1, -0.05) is 50.6 Å². The minimum absolute atomic E-state index is 0.0301. The average molecular weight is 640 g/mol. The molecule has 1 N–H and O–H groups in total. The van der Waals surface area contributed by atoms with Gasteiger partial charge in [-0.3, -0.25) is 9.69 Å². The average Bonchev–Trinajstić information content (AvgIpc) is 3.09. The minimum atomic E-state index is -0.0301. The lowest BCUT2D eigenvalue weighted by Gasteiger charge is -2.31. The molecule has 1 saturated heterocycles. The lowest BCUT2D eigenvalue weighted by Crippen LogP contribution is -2.36. The number of carbonyl (C=O) groups excluding carboxylic acids is 1. The molecule has 2 aliphatic rings. The van der Waals surface area contributed by atoms with Gasteiger partial charge in [0.2, 0.25) is 0 Å². The molecular formula is C40H53N3O4. The van der Waals surface area contributed by atoms with Gasteiger partial charge < -0.3 is 24.4 Å². The first-order valence-electron chi connectivity index (χ1n) is 17.6. The number of fused-ring (bicyclic) bond motifs is 1. The van der Waals surface area contributed by atoms with E-state index in [0.29, 0.717) is 19.3 Å². The predicted octanol–water partition coefficient (Wildman–Crippen LogP) is 8.19. The van der Waals surface area contributed by atoms with Crippen LogP contribution in [0.15, 0.2) is 72.3 Å². The number of rotatable bonds is 15. The summed E-state index contributed by atoms with van der Waals surface area (Å²) in [7, 11) is 2.19. The van der Waals surface area contributed by atoms with Gasteiger partial charge in [-0.15, -0.1) is 0 Å². The Morgan fingerprint density at radius 3 is 2.45 bits per heavy atom. The van der Waals surface area contributed by atoms with Crippen LogP contribution in [0.1, 0.15) is 69.9 Å². The topological polar surface area (TPSA) is 63.3 Å². The molecule has 0 aromatic heterocycles. The summed E-state index contributed by atoms with van der Waals surface area (Å²) in [6.45, 7) is 10.8. The lowest BCUT2D eigenvalue weighted by atomic mass is 9.96. The van der Waals surface area contributed by atoms with Gasteiger partial charge >= 0.3 is 0 Å². The van der Waals surface area contributed by atoms with Crippen LogP contribution in [0.3, 0.4) is 0 Å². The minimum Gasteiger partial charge on any atom is -0.491 e. The highest BCUT2D eigenvalue weighted by molar-refractivity contribution is 6.07. The van der Waals surface area contributed by atoms with Gasteiger partial charge in [0.1, 0.15) is 12.4 Å². The number of amides is 1. The molecule has 0 radical (unpaired) electrons. The first-order valence-corrected chi connectivity index (χ1v) is 17.6. The molecule has 0 atom stereocenters. The maximum Gasteiger partial charge on any atom is 0.251 e. The Balaban J connectivity index is 1.27. The number of hydrogen-bond acceptors (Lipinski definition) is 6. The summed E-state index contributed by atoms with van der Waals surface area (Å²) in [5.41, 5.74) is 7.38. The van der Waals surface area contributed by atoms with Gasteiger partial charge in [0, 0.05) is 62.4 Å². The second kappa shape index (κ2) is 18.0. The Hall–Kier alpha value is -3.65. The summed E-state index contributed by atoms with van der Waals surface area (Å²) < 4.78 is 17.0. The Morgan fingerprint density at radius 2 is 1.70 bits per heavy atom. The summed E-state index contributed by atoms with van der Waals surface area (Å²) in [6.07, 6.45) is 9.22. The third-order valence-corrected chi connectivity index (χ3v) is 9.14. The molecule has 2 aliphatic heterocycles. The fraction of sp³-hybridized carbons (Fsp3) is 0.475. The van der Waals surface area contributed by atoms with E-state index >= 15 is 0 Å². The standard InChI is InChI=1S/C40H53N3O4/c1-4-6-23-45-26-27-47-38-16-11-32(12-17-38)33-13-18-39-35(28-33)29-34(8-7-22-43(39)21-5-2)40(44)41-36-14-9-31(10-15-36)30-42(3)37-19-24-46-25-20-37/h9-18,28-29,37H,4-8,19-27,30H2,1-3H3,(H,41,44)/b34-29+. The van der Waals surface area contributed by atoms with E-state index in [2.05, 4.69) is 84.6 Å². The first kappa shape index (κ1) is 34.7. The molecule has 1 fully saturated rings. The Bertz CT molecular complexity index is 1430. The maximum atomic E-state index is 13.6. The van der Waals surface area contributed by atoms with Crippen molar-refractivity contribution in [1.29, 1.82) is 0 Å². The van der Waals surface area contributed by atoms with Crippen LogP contribution in [-0.2, 0) is 20.8 Å². The van der Waals surface area contributed by atoms with Crippen LogP contribution >= 0.6 is 0 Å². The van der Waals surface area contributed by atoms with Gasteiger partial charge in [-0.25, -0.2) is 0 Å². The van der Waals surface area contributed by atoms with Crippen LogP contribution in [0.5, 0.6) is 5.75 Å². The number of hydrogen-bond donors (Lipinski definition) is 1. The predicted molar refractivity (Wildman–Crippen MR) is 193 cm³/mol. The molecule has 0 bridgehead atoms. The van der Waals surface area contributed by atoms with Crippen molar-refractivity contribution in [2.24, 2.45) is 0 Å². The molecule has 1 amide bonds. The Kier molecular flexibility index (Phi) is 13.3. The van der Waals surface area contributed by atoms with Crippen molar-refractivity contribution in [3.05, 3.63) is 83.4 Å². The van der Waals surface area contributed by atoms with Crippen LogP contribution in [0.25, 0.3) is 17.2 Å². The van der Waals surface area contributed by atoms with E-state index in [9.17, 15) is 4.79 Å². The van der Waals surface area contributed by atoms with Crippen LogP contribution < -0.4 is 15.0 Å². The largest absolute Gasteiger partial charge is 0.491 e. The van der Waals surface area contributed by atoms with Gasteiger partial charge in [-0.05, 0) is 110 Å². The van der Waals surface area contributed by atoms with E-state index in [1.54, 1.807) is 0 Å². The Labute approximate surface area is 281 Å². The van der Waals surface area contributed by atoms with Crippen molar-refractivity contribution < 1.29 is 19.0 Å². The molecule has 0 saturated carbocycles. The molecule has 252 valence electrons. The van der Waals surface area contributed by atoms with E-state index in [1.165, 1.54) is 11.3 Å². The van der Waals surface area contributed by atoms with E-state index < -0.39 is 0 Å². The molecule has 3 aromatic carbocycles. The number of anilines is 2. The fourth-order valence-electron chi connectivity index (χ4n) is 6.42. The van der Waals surface area contributed by atoms with E-state index in [4.69, 9.17) is 14.2 Å². The third-order valence-electron chi connectivity index (χ3n) is 9.14. The first-order chi connectivity index (χ1) is 23.0. The van der Waals surface area contributed by atoms with Crippen LogP contribution in [0, 0.1) is 0 Å². The van der Waals surface area contributed by atoms with Crippen molar-refractivity contribution >= 4 is 23.4 Å². The monoisotopic (exact) mass is 639 g/mol. The highest BCUT2D eigenvalue weighted by Crippen LogP contribution is 2.33. The highest BCUT2D eigenvalue weighted by Gasteiger charge is 2.20. The maximum absolute atomic E-state index is 13.6. The van der Waals surface area contributed by atoms with Crippen LogP contribution in [0.4, 0.5) is 11.4 Å². The highest BCUT2D eigenvalue weighted by atomic mass is 16.5. The molecule has 3 aromatic rings. The quantitative estimate of drug-likeness (QED) is 0.169. The molecule has 7 nitrogen and oxygen atoms in total. The van der Waals surface area contributed by atoms with Gasteiger partial charge in [0.25, 0.3) is 5.91 Å². The summed E-state index contributed by atoms with van der Waals surface area (Å²) >= 11 is 0. The number of ether oxygens (including phenoxy) is 3. The van der Waals surface area contributed by atoms with E-state index in [1.807, 2.05) is 24.3 Å². The summed E-state index contributed by atoms with van der Waals surface area (Å²) in [4.78, 5) is 18.5. The van der Waals surface area contributed by atoms with Gasteiger partial charge in [0.05, 0.1) is 6.61 Å². The fourth-order valence-corrected chi connectivity index (χ4v) is 6.42. The molecule has 0 spiro atoms. The summed E-state index contributed by atoms with van der Waals surface area (Å²) in [6, 6.07) is 23.7. The van der Waals surface area contributed by atoms with Crippen molar-refractivity contribution in [3.63, 3.8) is 0 Å². The number of benzene rings is 3. The molecule has 2 heterocycles. The summed E-state index contributed by atoms with van der Waals surface area (Å²) in [5.74, 6) is 0.809. The van der Waals surface area contributed by atoms with E-state index in [0.717, 1.165) is 118 Å². The zero-order valence-electron chi connectivity index (χ0n) is 28.6. The Morgan fingerprint density at radius 1 is 0.936 bits per heavy atom. The van der Waals surface area contributed by atoms with Crippen molar-refractivity contribution in [2.75, 3.05) is 63.4 Å². The molecule has 5 rings (SSSR count). The number of carbonyl (C=O) groups is 1. The normalized spacial score (nSPS) is 16.6. The second-order valence-corrected chi connectivity index (χ2v) is 12.8. The lowest BCUT2D eigenvalue weighted by molar-refractivity contribution is -0.112. The van der Waals surface area contributed by atoms with Crippen LogP contribution in [0.2, 0.25) is 0 Å². The SMILES string of the molecule is CCCCOCCOc1ccc(-c2ccc3c(c2)/C=C(/C(=O)Nc2ccc(CN(C)C4CCOCC4)cc2)CCCN3CCC)cc1. The second-order valence-electron chi connectivity index (χ2n) is 12.8. The molecular weight excluding hydrogens is 586 g/mol. The number of nitrogens with zero attached hydrogens (tertiary/aromatic N) is 2. The summed E-state index contributed by atoms with van der Waals surface area (Å²) in [5, 5.41) is 3.18. The number of nitrogens with one attached hydrogen (secondary N) is 1. The number of unbranched alkanes of at least 4 members (excludes halogenated alkanes) is 1. The van der Waals surface area contributed by atoms with Crippen molar-refractivity contribution in [2.45, 2.75) is 71.4 Å². The molecule has 0 aliphatic carbocycles. The van der Waals surface area contributed by atoms with Crippen molar-refractivity contribution in [1.82, 2.24) is 4.90 Å². The molecule has 7 heteroatoms. The zero-order chi connectivity index (χ0) is 32.8. The molecule has 0 unspecified atom stereocenters. The smallest absolute Gasteiger partial charge is 0.251 e. The molecule has 47 heavy (non-hydrogen) atoms. The zero-order valence-corrected chi connectivity index (χ0v) is 28.6. The van der Waals surface area contributed by atoms with Gasteiger partial charge in [0.15, 0.2) is 0 Å². The van der Waals surface area contributed by atoms with Crippen LogP contribution in [-0.4, -0.2) is 70.0 Å². The van der Waals surface area contributed by atoms with Gasteiger partial charge in [-0.2, -0.15) is 0 Å².